The molecule has 208 valence electrons. The van der Waals surface area contributed by atoms with E-state index in [4.69, 9.17) is 11.6 Å². The maximum absolute atomic E-state index is 14.4. The Balaban J connectivity index is 1.99. The normalized spacial score (nSPS) is 20.3. The molecule has 0 aliphatic heterocycles. The van der Waals surface area contributed by atoms with Crippen LogP contribution in [0, 0.1) is 24.2 Å². The van der Waals surface area contributed by atoms with Crippen molar-refractivity contribution in [1.29, 1.82) is 0 Å². The molecule has 8 nitrogen and oxygen atoms in total. The second-order valence-corrected chi connectivity index (χ2v) is 11.6. The van der Waals surface area contributed by atoms with Crippen LogP contribution in [0.2, 0.25) is 5.02 Å². The SMILES string of the molecule is Cc1cncc(Cl)c1C(=O)CN(CC(C)(C)C)C(=O)c1cnn(C2CC[C@H](C(=O)O)[C@H](C)C2)c1C(F)(F)F. The minimum absolute atomic E-state index is 0.00253. The molecule has 38 heavy (non-hydrogen) atoms. The van der Waals surface area contributed by atoms with Crippen molar-refractivity contribution >= 4 is 29.3 Å². The lowest BCUT2D eigenvalue weighted by atomic mass is 9.78. The molecule has 1 unspecified atom stereocenters. The number of rotatable bonds is 7. The first-order valence-corrected chi connectivity index (χ1v) is 12.7. The number of carboxylic acid groups (broad SMARTS) is 1. The Morgan fingerprint density at radius 3 is 2.34 bits per heavy atom. The molecule has 1 aliphatic rings. The molecular weight excluding hydrogens is 525 g/mol. The summed E-state index contributed by atoms with van der Waals surface area (Å²) in [5.41, 5.74) is -1.74. The van der Waals surface area contributed by atoms with Crippen LogP contribution in [0.25, 0.3) is 0 Å². The summed E-state index contributed by atoms with van der Waals surface area (Å²) in [6.07, 6.45) is -0.702. The minimum Gasteiger partial charge on any atom is -0.481 e. The Morgan fingerprint density at radius 1 is 1.16 bits per heavy atom. The number of carboxylic acids is 1. The highest BCUT2D eigenvalue weighted by molar-refractivity contribution is 6.34. The number of carbonyl (C=O) groups excluding carboxylic acids is 2. The van der Waals surface area contributed by atoms with Crippen LogP contribution in [0.5, 0.6) is 0 Å². The Labute approximate surface area is 224 Å². The molecule has 12 heteroatoms. The summed E-state index contributed by atoms with van der Waals surface area (Å²) in [4.78, 5) is 43.3. The van der Waals surface area contributed by atoms with Gasteiger partial charge >= 0.3 is 12.1 Å². The number of aliphatic carboxylic acids is 1. The Hall–Kier alpha value is -2.95. The molecule has 2 aromatic heterocycles. The number of hydrogen-bond donors (Lipinski definition) is 1. The van der Waals surface area contributed by atoms with Crippen LogP contribution in [-0.2, 0) is 11.0 Å². The first kappa shape index (κ1) is 29.6. The van der Waals surface area contributed by atoms with Crippen LogP contribution in [0.1, 0.15) is 85.0 Å². The van der Waals surface area contributed by atoms with Gasteiger partial charge in [-0.05, 0) is 43.1 Å². The van der Waals surface area contributed by atoms with E-state index >= 15 is 0 Å². The van der Waals surface area contributed by atoms with Gasteiger partial charge in [-0.2, -0.15) is 18.3 Å². The van der Waals surface area contributed by atoms with Crippen LogP contribution in [0.3, 0.4) is 0 Å². The third kappa shape index (κ3) is 6.54. The lowest BCUT2D eigenvalue weighted by Gasteiger charge is -2.33. The molecule has 0 aromatic carbocycles. The van der Waals surface area contributed by atoms with Crippen LogP contribution in [-0.4, -0.2) is 55.5 Å². The Morgan fingerprint density at radius 2 is 1.82 bits per heavy atom. The van der Waals surface area contributed by atoms with Crippen molar-refractivity contribution in [1.82, 2.24) is 19.7 Å². The molecule has 3 rings (SSSR count). The van der Waals surface area contributed by atoms with E-state index in [0.29, 0.717) is 5.56 Å². The molecule has 0 spiro atoms. The van der Waals surface area contributed by atoms with Gasteiger partial charge in [0.1, 0.15) is 0 Å². The maximum Gasteiger partial charge on any atom is 0.433 e. The first-order valence-electron chi connectivity index (χ1n) is 12.3. The third-order valence-electron chi connectivity index (χ3n) is 6.75. The molecule has 1 amide bonds. The number of carbonyl (C=O) groups is 3. The number of aromatic nitrogens is 3. The maximum atomic E-state index is 14.4. The smallest absolute Gasteiger partial charge is 0.433 e. The second kappa shape index (κ2) is 11.0. The standard InChI is InChI=1S/C26H32ClF3N4O4/c1-14-8-16(6-7-17(14)24(37)38)34-22(26(28,29)30)18(10-32-34)23(36)33(13-25(3,4)5)12-20(35)21-15(2)9-31-11-19(21)27/h9-11,14,16-17H,6-8,12-13H2,1-5H3,(H,37,38)/t14-,16?,17+/m1/s1. The molecule has 3 atom stereocenters. The molecule has 1 aliphatic carbocycles. The lowest BCUT2D eigenvalue weighted by Crippen LogP contribution is -2.42. The number of halogens is 4. The molecule has 0 radical (unpaired) electrons. The average molecular weight is 557 g/mol. The fraction of sp³-hybridized carbons (Fsp3) is 0.577. The quantitative estimate of drug-likeness (QED) is 0.439. The van der Waals surface area contributed by atoms with E-state index in [1.807, 2.05) is 0 Å². The van der Waals surface area contributed by atoms with Gasteiger partial charge in [-0.1, -0.05) is 39.3 Å². The summed E-state index contributed by atoms with van der Waals surface area (Å²) in [6.45, 7) is 8.26. The monoisotopic (exact) mass is 556 g/mol. The van der Waals surface area contributed by atoms with Gasteiger partial charge in [0.15, 0.2) is 11.5 Å². The molecule has 0 saturated heterocycles. The summed E-state index contributed by atoms with van der Waals surface area (Å²) in [5, 5.41) is 13.4. The number of Topliss-reactive ketones (excluding diaryl/α,β-unsaturated/α-hetero) is 1. The van der Waals surface area contributed by atoms with E-state index < -0.39 is 59.0 Å². The number of pyridine rings is 1. The molecule has 2 heterocycles. The van der Waals surface area contributed by atoms with E-state index in [-0.39, 0.29) is 42.3 Å². The zero-order valence-corrected chi connectivity index (χ0v) is 22.7. The zero-order valence-electron chi connectivity index (χ0n) is 22.0. The minimum atomic E-state index is -4.91. The number of aryl methyl sites for hydroxylation is 1. The molecular formula is C26H32ClF3N4O4. The van der Waals surface area contributed by atoms with Gasteiger partial charge in [0, 0.05) is 24.5 Å². The summed E-state index contributed by atoms with van der Waals surface area (Å²) in [7, 11) is 0. The van der Waals surface area contributed by atoms with Crippen molar-refractivity contribution in [3.8, 4) is 0 Å². The van der Waals surface area contributed by atoms with E-state index in [1.165, 1.54) is 12.4 Å². The summed E-state index contributed by atoms with van der Waals surface area (Å²) in [5.74, 6) is -3.47. The predicted octanol–water partition coefficient (Wildman–Crippen LogP) is 5.69. The molecule has 1 saturated carbocycles. The molecule has 1 fully saturated rings. The highest BCUT2D eigenvalue weighted by atomic mass is 35.5. The van der Waals surface area contributed by atoms with Crippen LogP contribution in [0.4, 0.5) is 13.2 Å². The first-order chi connectivity index (χ1) is 17.5. The molecule has 1 N–H and O–H groups in total. The van der Waals surface area contributed by atoms with Crippen molar-refractivity contribution in [2.45, 2.75) is 66.1 Å². The fourth-order valence-electron chi connectivity index (χ4n) is 5.11. The number of nitrogens with zero attached hydrogens (tertiary/aromatic N) is 4. The Bertz CT molecular complexity index is 1200. The summed E-state index contributed by atoms with van der Waals surface area (Å²) >= 11 is 6.17. The molecule has 0 bridgehead atoms. The van der Waals surface area contributed by atoms with E-state index in [2.05, 4.69) is 10.1 Å². The van der Waals surface area contributed by atoms with Crippen molar-refractivity contribution in [3.63, 3.8) is 0 Å². The highest BCUT2D eigenvalue weighted by Gasteiger charge is 2.44. The van der Waals surface area contributed by atoms with Gasteiger partial charge in [-0.25, -0.2) is 0 Å². The van der Waals surface area contributed by atoms with Crippen molar-refractivity contribution in [2.75, 3.05) is 13.1 Å². The van der Waals surface area contributed by atoms with E-state index in [9.17, 15) is 32.7 Å². The fourth-order valence-corrected chi connectivity index (χ4v) is 5.43. The van der Waals surface area contributed by atoms with Crippen LogP contribution in [0.15, 0.2) is 18.6 Å². The number of hydrogen-bond acceptors (Lipinski definition) is 5. The predicted molar refractivity (Wildman–Crippen MR) is 134 cm³/mol. The van der Waals surface area contributed by atoms with E-state index in [1.54, 1.807) is 34.6 Å². The van der Waals surface area contributed by atoms with Crippen molar-refractivity contribution in [3.05, 3.63) is 46.0 Å². The van der Waals surface area contributed by atoms with Gasteiger partial charge in [-0.15, -0.1) is 0 Å². The van der Waals surface area contributed by atoms with Crippen LogP contribution < -0.4 is 0 Å². The van der Waals surface area contributed by atoms with Crippen molar-refractivity contribution < 1.29 is 32.7 Å². The van der Waals surface area contributed by atoms with Crippen molar-refractivity contribution in [2.24, 2.45) is 17.3 Å². The van der Waals surface area contributed by atoms with Gasteiger partial charge in [0.25, 0.3) is 5.91 Å². The van der Waals surface area contributed by atoms with Gasteiger partial charge in [-0.3, -0.25) is 24.0 Å². The number of ketones is 1. The third-order valence-corrected chi connectivity index (χ3v) is 7.04. The van der Waals surface area contributed by atoms with Crippen LogP contribution >= 0.6 is 11.6 Å². The highest BCUT2D eigenvalue weighted by Crippen LogP contribution is 2.41. The summed E-state index contributed by atoms with van der Waals surface area (Å²) < 4.78 is 43.9. The number of alkyl halides is 3. The van der Waals surface area contributed by atoms with Gasteiger partial charge < -0.3 is 10.0 Å². The number of amides is 1. The topological polar surface area (TPSA) is 105 Å². The lowest BCUT2D eigenvalue weighted by molar-refractivity contribution is -0.149. The van der Waals surface area contributed by atoms with Gasteiger partial charge in [0.05, 0.1) is 35.3 Å². The Kier molecular flexibility index (Phi) is 8.60. The summed E-state index contributed by atoms with van der Waals surface area (Å²) in [6, 6.07) is -0.713. The van der Waals surface area contributed by atoms with E-state index in [0.717, 1.165) is 15.8 Å². The zero-order chi connectivity index (χ0) is 28.6. The average Bonchev–Trinajstić information content (AvgIpc) is 3.22. The largest absolute Gasteiger partial charge is 0.481 e. The van der Waals surface area contributed by atoms with Gasteiger partial charge in [0.2, 0.25) is 0 Å². The molecule has 2 aromatic rings. The second-order valence-electron chi connectivity index (χ2n) is 11.2.